The number of alkyl halides is 3. The minimum absolute atomic E-state index is 0.00460. The molecule has 0 aliphatic rings. The first-order chi connectivity index (χ1) is 18.9. The van der Waals surface area contributed by atoms with Crippen molar-refractivity contribution in [2.24, 2.45) is 0 Å². The lowest BCUT2D eigenvalue weighted by Crippen LogP contribution is -2.37. The van der Waals surface area contributed by atoms with Gasteiger partial charge in [0.25, 0.3) is 0 Å². The molecule has 0 bridgehead atoms. The maximum atomic E-state index is 14.9. The van der Waals surface area contributed by atoms with Crippen LogP contribution in [0.2, 0.25) is 0 Å². The molecule has 0 spiro atoms. The predicted octanol–water partition coefficient (Wildman–Crippen LogP) is 6.72. The van der Waals surface area contributed by atoms with Gasteiger partial charge in [0.1, 0.15) is 11.6 Å². The largest absolute Gasteiger partial charge is 0.493 e. The fraction of sp³-hybridized carbons (Fsp3) is 0.419. The maximum absolute atomic E-state index is 14.9. The van der Waals surface area contributed by atoms with E-state index in [4.69, 9.17) is 4.74 Å². The molecule has 3 aromatic rings. The molecule has 41 heavy (non-hydrogen) atoms. The Balaban J connectivity index is 1.78. The summed E-state index contributed by atoms with van der Waals surface area (Å²) in [6.07, 6.45) is -3.08. The van der Waals surface area contributed by atoms with E-state index < -0.39 is 33.0 Å². The molecule has 0 aliphatic carbocycles. The van der Waals surface area contributed by atoms with E-state index in [1.807, 2.05) is 35.2 Å². The van der Waals surface area contributed by atoms with Crippen LogP contribution in [-0.2, 0) is 33.6 Å². The van der Waals surface area contributed by atoms with Crippen LogP contribution < -0.4 is 4.74 Å². The third-order valence-electron chi connectivity index (χ3n) is 6.76. The number of aliphatic hydroxyl groups is 1. The quantitative estimate of drug-likeness (QED) is 0.186. The van der Waals surface area contributed by atoms with Crippen LogP contribution in [-0.4, -0.2) is 44.4 Å². The highest BCUT2D eigenvalue weighted by molar-refractivity contribution is 7.90. The summed E-state index contributed by atoms with van der Waals surface area (Å²) in [4.78, 5) is 1.70. The number of halogens is 4. The fourth-order valence-electron chi connectivity index (χ4n) is 4.86. The van der Waals surface area contributed by atoms with Crippen molar-refractivity contribution in [3.8, 4) is 5.75 Å². The van der Waals surface area contributed by atoms with Gasteiger partial charge < -0.3 is 9.84 Å². The molecule has 0 atom stereocenters. The van der Waals surface area contributed by atoms with E-state index in [2.05, 4.69) is 13.8 Å². The van der Waals surface area contributed by atoms with E-state index in [9.17, 15) is 31.1 Å². The van der Waals surface area contributed by atoms with E-state index >= 15 is 0 Å². The minimum Gasteiger partial charge on any atom is -0.493 e. The summed E-state index contributed by atoms with van der Waals surface area (Å²) in [6, 6.07) is 17.3. The zero-order valence-electron chi connectivity index (χ0n) is 23.9. The van der Waals surface area contributed by atoms with Crippen molar-refractivity contribution >= 4 is 9.84 Å². The Kier molecular flexibility index (Phi) is 9.93. The van der Waals surface area contributed by atoms with Crippen LogP contribution in [0.1, 0.15) is 56.4 Å². The molecule has 10 heteroatoms. The number of nitrogens with zero attached hydrogens (tertiary/aromatic N) is 1. The van der Waals surface area contributed by atoms with Gasteiger partial charge >= 0.3 is 6.18 Å². The second kappa shape index (κ2) is 12.5. The van der Waals surface area contributed by atoms with E-state index in [0.717, 1.165) is 30.0 Å². The SMILES string of the molecule is CC(C)(O)c1c(F)cc(OCCCN(Cc2cccc(C(F)(F)F)c2)CC(C)(C)c2ccccc2)cc1S(C)(=O)=O. The lowest BCUT2D eigenvalue weighted by atomic mass is 9.84. The van der Waals surface area contributed by atoms with Gasteiger partial charge in [-0.05, 0) is 43.5 Å². The number of sulfone groups is 1. The number of hydrogen-bond donors (Lipinski definition) is 1. The number of hydrogen-bond acceptors (Lipinski definition) is 5. The fourth-order valence-corrected chi connectivity index (χ4v) is 5.91. The number of benzene rings is 3. The molecule has 224 valence electrons. The second-order valence-corrected chi connectivity index (χ2v) is 13.5. The number of ether oxygens (including phenoxy) is 1. The summed E-state index contributed by atoms with van der Waals surface area (Å²) in [5, 5.41) is 10.3. The molecule has 1 N–H and O–H groups in total. The van der Waals surface area contributed by atoms with Crippen molar-refractivity contribution in [3.63, 3.8) is 0 Å². The molecule has 0 saturated heterocycles. The zero-order chi connectivity index (χ0) is 30.6. The van der Waals surface area contributed by atoms with Crippen LogP contribution >= 0.6 is 0 Å². The molecule has 0 radical (unpaired) electrons. The van der Waals surface area contributed by atoms with E-state index in [-0.39, 0.29) is 34.8 Å². The van der Waals surface area contributed by atoms with Gasteiger partial charge in [-0.2, -0.15) is 13.2 Å². The van der Waals surface area contributed by atoms with Gasteiger partial charge in [0.05, 0.1) is 22.7 Å². The predicted molar refractivity (Wildman–Crippen MR) is 151 cm³/mol. The minimum atomic E-state index is -4.45. The molecule has 0 aliphatic heterocycles. The van der Waals surface area contributed by atoms with Crippen molar-refractivity contribution in [1.29, 1.82) is 0 Å². The summed E-state index contributed by atoms with van der Waals surface area (Å²) >= 11 is 0. The van der Waals surface area contributed by atoms with Crippen molar-refractivity contribution in [3.05, 3.63) is 94.8 Å². The molecule has 0 heterocycles. The van der Waals surface area contributed by atoms with Crippen molar-refractivity contribution < 1.29 is 35.8 Å². The molecule has 0 fully saturated rings. The highest BCUT2D eigenvalue weighted by Crippen LogP contribution is 2.34. The van der Waals surface area contributed by atoms with Gasteiger partial charge in [0, 0.05) is 42.9 Å². The first kappa shape index (κ1) is 32.6. The molecule has 0 saturated carbocycles. The highest BCUT2D eigenvalue weighted by Gasteiger charge is 2.31. The summed E-state index contributed by atoms with van der Waals surface area (Å²) < 4.78 is 85.2. The van der Waals surface area contributed by atoms with Crippen LogP contribution in [0.5, 0.6) is 5.75 Å². The average Bonchev–Trinajstić information content (AvgIpc) is 2.85. The normalized spacial score (nSPS) is 13.0. The topological polar surface area (TPSA) is 66.8 Å². The Morgan fingerprint density at radius 3 is 2.12 bits per heavy atom. The number of rotatable bonds is 12. The van der Waals surface area contributed by atoms with Crippen LogP contribution in [0, 0.1) is 5.82 Å². The third kappa shape index (κ3) is 9.02. The van der Waals surface area contributed by atoms with Gasteiger partial charge in [-0.3, -0.25) is 4.90 Å². The maximum Gasteiger partial charge on any atom is 0.416 e. The molecule has 5 nitrogen and oxygen atoms in total. The van der Waals surface area contributed by atoms with Crippen molar-refractivity contribution in [2.45, 2.75) is 62.7 Å². The summed E-state index contributed by atoms with van der Waals surface area (Å²) in [5.41, 5.74) is -1.48. The Morgan fingerprint density at radius 2 is 1.54 bits per heavy atom. The smallest absolute Gasteiger partial charge is 0.416 e. The standard InChI is InChI=1S/C31H37F4NO4S/c1-29(2,23-12-7-6-8-13-23)21-36(20-22-11-9-14-24(17-22)31(33,34)35)15-10-16-40-25-18-26(32)28(30(3,4)37)27(19-25)41(5,38)39/h6-9,11-14,17-19,37H,10,15-16,20-21H2,1-5H3. The first-order valence-corrected chi connectivity index (χ1v) is 15.1. The van der Waals surface area contributed by atoms with Gasteiger partial charge in [0.2, 0.25) is 0 Å². The summed E-state index contributed by atoms with van der Waals surface area (Å²) in [6.45, 7) is 8.11. The van der Waals surface area contributed by atoms with Gasteiger partial charge in [0.15, 0.2) is 9.84 Å². The zero-order valence-corrected chi connectivity index (χ0v) is 24.7. The van der Waals surface area contributed by atoms with Gasteiger partial charge in [-0.25, -0.2) is 12.8 Å². The Hall–Kier alpha value is -2.95. The summed E-state index contributed by atoms with van der Waals surface area (Å²) in [7, 11) is -3.87. The molecule has 0 unspecified atom stereocenters. The molecule has 3 rings (SSSR count). The Labute approximate surface area is 239 Å². The Morgan fingerprint density at radius 1 is 0.902 bits per heavy atom. The molecular formula is C31H37F4NO4S. The monoisotopic (exact) mass is 595 g/mol. The Bertz CT molecular complexity index is 1430. The van der Waals surface area contributed by atoms with Crippen LogP contribution in [0.4, 0.5) is 17.6 Å². The van der Waals surface area contributed by atoms with Gasteiger partial charge in [-0.15, -0.1) is 0 Å². The first-order valence-electron chi connectivity index (χ1n) is 13.2. The van der Waals surface area contributed by atoms with Crippen LogP contribution in [0.25, 0.3) is 0 Å². The average molecular weight is 596 g/mol. The lowest BCUT2D eigenvalue weighted by Gasteiger charge is -2.33. The van der Waals surface area contributed by atoms with Crippen molar-refractivity contribution in [2.75, 3.05) is 26.0 Å². The molecular weight excluding hydrogens is 558 g/mol. The lowest BCUT2D eigenvalue weighted by molar-refractivity contribution is -0.137. The van der Waals surface area contributed by atoms with Crippen LogP contribution in [0.15, 0.2) is 71.6 Å². The van der Waals surface area contributed by atoms with Crippen molar-refractivity contribution in [1.82, 2.24) is 4.90 Å². The highest BCUT2D eigenvalue weighted by atomic mass is 32.2. The van der Waals surface area contributed by atoms with E-state index in [1.165, 1.54) is 26.0 Å². The summed E-state index contributed by atoms with van der Waals surface area (Å²) in [5.74, 6) is -0.892. The van der Waals surface area contributed by atoms with E-state index in [1.54, 1.807) is 6.07 Å². The molecule has 0 amide bonds. The van der Waals surface area contributed by atoms with Gasteiger partial charge in [-0.1, -0.05) is 62.4 Å². The second-order valence-electron chi connectivity index (χ2n) is 11.5. The van der Waals surface area contributed by atoms with Crippen LogP contribution in [0.3, 0.4) is 0 Å². The third-order valence-corrected chi connectivity index (χ3v) is 7.88. The molecule has 3 aromatic carbocycles. The van der Waals surface area contributed by atoms with E-state index in [0.29, 0.717) is 25.1 Å². The molecule has 0 aromatic heterocycles.